The quantitative estimate of drug-likeness (QED) is 0.306. The van der Waals surface area contributed by atoms with E-state index in [1.807, 2.05) is 0 Å². The molecule has 1 amide bonds. The van der Waals surface area contributed by atoms with Gasteiger partial charge in [-0.2, -0.15) is 0 Å². The van der Waals surface area contributed by atoms with Gasteiger partial charge in [0, 0.05) is 0 Å². The SMILES string of the molecule is CCOC(=O)C1=C(O)/C(=C/c2cc(OC)c(OC)cc2[N+](=O)[O-])SC1=NC(=O)c1ccccc1Cl. The van der Waals surface area contributed by atoms with Gasteiger partial charge in [-0.3, -0.25) is 14.9 Å². The highest BCUT2D eigenvalue weighted by Crippen LogP contribution is 2.42. The second kappa shape index (κ2) is 11.1. The summed E-state index contributed by atoms with van der Waals surface area (Å²) in [5.41, 5.74) is -0.521. The first kappa shape index (κ1) is 25.8. The van der Waals surface area contributed by atoms with Crippen LogP contribution in [0.2, 0.25) is 5.02 Å². The van der Waals surface area contributed by atoms with Crippen LogP contribution in [0, 0.1) is 10.1 Å². The molecule has 0 atom stereocenters. The zero-order valence-corrected chi connectivity index (χ0v) is 20.3. The Morgan fingerprint density at radius 1 is 1.20 bits per heavy atom. The normalized spacial score (nSPS) is 15.4. The zero-order valence-electron chi connectivity index (χ0n) is 18.7. The first-order valence-electron chi connectivity index (χ1n) is 10.00. The summed E-state index contributed by atoms with van der Waals surface area (Å²) in [6.07, 6.45) is 1.28. The van der Waals surface area contributed by atoms with Crippen molar-refractivity contribution in [3.05, 3.63) is 78.9 Å². The number of methoxy groups -OCH3 is 2. The summed E-state index contributed by atoms with van der Waals surface area (Å²) in [6, 6.07) is 8.74. The van der Waals surface area contributed by atoms with Crippen LogP contribution in [-0.2, 0) is 9.53 Å². The van der Waals surface area contributed by atoms with Crippen molar-refractivity contribution in [1.82, 2.24) is 0 Å². The molecule has 1 aliphatic heterocycles. The molecule has 1 aliphatic rings. The molecule has 12 heteroatoms. The maximum absolute atomic E-state index is 12.7. The molecule has 2 aromatic rings. The summed E-state index contributed by atoms with van der Waals surface area (Å²) in [5.74, 6) is -1.84. The molecule has 0 fully saturated rings. The number of halogens is 1. The van der Waals surface area contributed by atoms with Gasteiger partial charge in [-0.15, -0.1) is 0 Å². The average molecular weight is 519 g/mol. The molecule has 1 heterocycles. The van der Waals surface area contributed by atoms with Gasteiger partial charge in [0.2, 0.25) is 0 Å². The van der Waals surface area contributed by atoms with Crippen molar-refractivity contribution in [2.75, 3.05) is 20.8 Å². The largest absolute Gasteiger partial charge is 0.506 e. The van der Waals surface area contributed by atoms with Crippen molar-refractivity contribution in [2.24, 2.45) is 4.99 Å². The molecule has 10 nitrogen and oxygen atoms in total. The topological polar surface area (TPSA) is 138 Å². The fraction of sp³-hybridized carbons (Fsp3) is 0.174. The number of nitro groups is 1. The maximum atomic E-state index is 12.7. The minimum Gasteiger partial charge on any atom is -0.506 e. The number of aliphatic hydroxyl groups is 1. The van der Waals surface area contributed by atoms with E-state index in [9.17, 15) is 24.8 Å². The van der Waals surface area contributed by atoms with Crippen molar-refractivity contribution >= 4 is 52.0 Å². The lowest BCUT2D eigenvalue weighted by atomic mass is 10.1. The lowest BCUT2D eigenvalue weighted by Gasteiger charge is -2.09. The molecule has 0 saturated heterocycles. The number of carbonyl (C=O) groups is 2. The summed E-state index contributed by atoms with van der Waals surface area (Å²) in [6.45, 7) is 1.58. The molecular formula is C23H19ClN2O8S. The first-order valence-corrected chi connectivity index (χ1v) is 11.2. The Bertz CT molecular complexity index is 1300. The predicted molar refractivity (Wildman–Crippen MR) is 131 cm³/mol. The molecule has 35 heavy (non-hydrogen) atoms. The van der Waals surface area contributed by atoms with E-state index in [1.165, 1.54) is 44.6 Å². The second-order valence-corrected chi connectivity index (χ2v) is 8.22. The maximum Gasteiger partial charge on any atom is 0.344 e. The van der Waals surface area contributed by atoms with Gasteiger partial charge in [0.25, 0.3) is 11.6 Å². The Balaban J connectivity index is 2.14. The highest BCUT2D eigenvalue weighted by atomic mass is 35.5. The van der Waals surface area contributed by atoms with Crippen LogP contribution in [0.15, 0.2) is 57.6 Å². The molecule has 0 spiro atoms. The fourth-order valence-electron chi connectivity index (χ4n) is 3.08. The minimum absolute atomic E-state index is 0.00617. The van der Waals surface area contributed by atoms with Crippen molar-refractivity contribution in [3.8, 4) is 11.5 Å². The number of hydrogen-bond acceptors (Lipinski definition) is 9. The molecule has 182 valence electrons. The van der Waals surface area contributed by atoms with E-state index in [2.05, 4.69) is 4.99 Å². The van der Waals surface area contributed by atoms with E-state index in [-0.39, 0.29) is 55.5 Å². The standard InChI is InChI=1S/C23H19ClN2O8S/c1-4-34-23(29)19-20(27)18(35-22(19)25-21(28)13-7-5-6-8-14(13)24)10-12-9-16(32-2)17(33-3)11-15(12)26(30)31/h5-11,27H,4H2,1-3H3/b18-10-,25-22?. The summed E-state index contributed by atoms with van der Waals surface area (Å²) < 4.78 is 15.3. The summed E-state index contributed by atoms with van der Waals surface area (Å²) in [7, 11) is 2.71. The van der Waals surface area contributed by atoms with E-state index in [1.54, 1.807) is 19.1 Å². The number of aliphatic hydroxyl groups excluding tert-OH is 1. The van der Waals surface area contributed by atoms with Crippen LogP contribution in [0.4, 0.5) is 5.69 Å². The van der Waals surface area contributed by atoms with Gasteiger partial charge in [-0.05, 0) is 31.2 Å². The molecular weight excluding hydrogens is 500 g/mol. The number of nitrogens with zero attached hydrogens (tertiary/aromatic N) is 2. The summed E-state index contributed by atoms with van der Waals surface area (Å²) in [4.78, 5) is 40.3. The number of thioether (sulfide) groups is 1. The number of esters is 1. The molecule has 0 radical (unpaired) electrons. The van der Waals surface area contributed by atoms with Crippen molar-refractivity contribution < 1.29 is 33.8 Å². The van der Waals surface area contributed by atoms with Crippen LogP contribution >= 0.6 is 23.4 Å². The Morgan fingerprint density at radius 3 is 2.46 bits per heavy atom. The Hall–Kier alpha value is -3.83. The number of carbonyl (C=O) groups excluding carboxylic acids is 2. The van der Waals surface area contributed by atoms with Crippen LogP contribution in [0.1, 0.15) is 22.8 Å². The fourth-order valence-corrected chi connectivity index (χ4v) is 4.30. The number of aliphatic imine (C=N–C) groups is 1. The van der Waals surface area contributed by atoms with Gasteiger partial charge in [0.1, 0.15) is 16.4 Å². The minimum atomic E-state index is -0.909. The second-order valence-electron chi connectivity index (χ2n) is 6.78. The molecule has 0 unspecified atom stereocenters. The van der Waals surface area contributed by atoms with Crippen LogP contribution in [0.3, 0.4) is 0 Å². The third kappa shape index (κ3) is 5.47. The van der Waals surface area contributed by atoms with E-state index < -0.39 is 22.6 Å². The van der Waals surface area contributed by atoms with E-state index in [4.69, 9.17) is 25.8 Å². The number of nitro benzene ring substituents is 1. The zero-order chi connectivity index (χ0) is 25.7. The molecule has 0 saturated carbocycles. The number of amides is 1. The number of hydrogen-bond donors (Lipinski definition) is 1. The highest BCUT2D eigenvalue weighted by molar-refractivity contribution is 8.18. The van der Waals surface area contributed by atoms with Crippen LogP contribution in [0.25, 0.3) is 6.08 Å². The van der Waals surface area contributed by atoms with Crippen molar-refractivity contribution in [3.63, 3.8) is 0 Å². The molecule has 0 aliphatic carbocycles. The van der Waals surface area contributed by atoms with E-state index in [0.717, 1.165) is 11.8 Å². The molecule has 3 rings (SSSR count). The summed E-state index contributed by atoms with van der Waals surface area (Å²) >= 11 is 6.85. The van der Waals surface area contributed by atoms with Gasteiger partial charge in [0.05, 0.1) is 52.9 Å². The smallest absolute Gasteiger partial charge is 0.344 e. The van der Waals surface area contributed by atoms with E-state index in [0.29, 0.717) is 0 Å². The number of ether oxygens (including phenoxy) is 3. The van der Waals surface area contributed by atoms with Gasteiger partial charge in [-0.1, -0.05) is 35.5 Å². The average Bonchev–Trinajstić information content (AvgIpc) is 3.13. The monoisotopic (exact) mass is 518 g/mol. The third-order valence-electron chi connectivity index (χ3n) is 4.69. The lowest BCUT2D eigenvalue weighted by molar-refractivity contribution is -0.385. The Labute approximate surface area is 209 Å². The van der Waals surface area contributed by atoms with Crippen LogP contribution in [0.5, 0.6) is 11.5 Å². The Morgan fingerprint density at radius 2 is 1.86 bits per heavy atom. The van der Waals surface area contributed by atoms with Crippen molar-refractivity contribution in [1.29, 1.82) is 0 Å². The third-order valence-corrected chi connectivity index (χ3v) is 6.04. The molecule has 1 N–H and O–H groups in total. The Kier molecular flexibility index (Phi) is 8.15. The highest BCUT2D eigenvalue weighted by Gasteiger charge is 2.34. The number of benzene rings is 2. The van der Waals surface area contributed by atoms with Crippen LogP contribution in [-0.4, -0.2) is 47.8 Å². The lowest BCUT2D eigenvalue weighted by Crippen LogP contribution is -2.14. The molecule has 0 bridgehead atoms. The van der Waals surface area contributed by atoms with Gasteiger partial charge < -0.3 is 19.3 Å². The van der Waals surface area contributed by atoms with E-state index >= 15 is 0 Å². The van der Waals surface area contributed by atoms with Gasteiger partial charge >= 0.3 is 5.97 Å². The first-order chi connectivity index (χ1) is 16.7. The number of rotatable bonds is 7. The summed E-state index contributed by atoms with van der Waals surface area (Å²) in [5, 5.41) is 22.5. The van der Waals surface area contributed by atoms with Gasteiger partial charge in [0.15, 0.2) is 11.5 Å². The molecule has 2 aromatic carbocycles. The van der Waals surface area contributed by atoms with Crippen LogP contribution < -0.4 is 9.47 Å². The van der Waals surface area contributed by atoms with Gasteiger partial charge in [-0.25, -0.2) is 9.79 Å². The molecule has 0 aromatic heterocycles. The van der Waals surface area contributed by atoms with Crippen molar-refractivity contribution in [2.45, 2.75) is 6.92 Å². The predicted octanol–water partition coefficient (Wildman–Crippen LogP) is 4.97.